The van der Waals surface area contributed by atoms with Crippen molar-refractivity contribution in [2.75, 3.05) is 25.0 Å². The summed E-state index contributed by atoms with van der Waals surface area (Å²) in [4.78, 5) is 8.03. The number of piperidine rings is 3. The Bertz CT molecular complexity index is 776. The van der Waals surface area contributed by atoms with E-state index in [9.17, 15) is 0 Å². The summed E-state index contributed by atoms with van der Waals surface area (Å²) in [7, 11) is 0. The van der Waals surface area contributed by atoms with E-state index in [0.717, 1.165) is 28.9 Å². The van der Waals surface area contributed by atoms with Crippen molar-refractivity contribution >= 4 is 34.4 Å². The van der Waals surface area contributed by atoms with Crippen LogP contribution >= 0.6 is 23.6 Å². The lowest BCUT2D eigenvalue weighted by Crippen LogP contribution is -2.57. The van der Waals surface area contributed by atoms with Crippen LogP contribution in [0.3, 0.4) is 0 Å². The average molecular weight is 376 g/mol. The Labute approximate surface area is 156 Å². The highest BCUT2D eigenvalue weighted by Crippen LogP contribution is 2.40. The van der Waals surface area contributed by atoms with Crippen LogP contribution in [0.5, 0.6) is 0 Å². The molecule has 6 rings (SSSR count). The quantitative estimate of drug-likeness (QED) is 0.796. The number of nitrogens with one attached hydrogen (secondary N) is 2. The molecule has 132 valence electrons. The Kier molecular flexibility index (Phi) is 3.98. The molecule has 2 aromatic heterocycles. The standard InChI is InChI=1S/C17H21N5OS2/c24-17(19-13-9-22-6-3-10(13)4-7-22)18-12-5-8-25-14(12)16-20-15(21-23-16)11-1-2-11/h5,8,10-11,13H,1-4,6-7,9H2,(H2,18,19,24). The van der Waals surface area contributed by atoms with Crippen LogP contribution in [0.1, 0.15) is 37.4 Å². The second-order valence-corrected chi connectivity index (χ2v) is 8.56. The molecule has 6 nitrogen and oxygen atoms in total. The van der Waals surface area contributed by atoms with E-state index in [1.54, 1.807) is 11.3 Å². The summed E-state index contributed by atoms with van der Waals surface area (Å²) >= 11 is 7.16. The van der Waals surface area contributed by atoms with E-state index < -0.39 is 0 Å². The van der Waals surface area contributed by atoms with E-state index >= 15 is 0 Å². The predicted octanol–water partition coefficient (Wildman–Crippen LogP) is 3.06. The zero-order valence-corrected chi connectivity index (χ0v) is 15.5. The fraction of sp³-hybridized carbons (Fsp3) is 0.588. The minimum Gasteiger partial charge on any atom is -0.358 e. The molecule has 1 aliphatic carbocycles. The van der Waals surface area contributed by atoms with E-state index in [1.807, 2.05) is 11.4 Å². The minimum atomic E-state index is 0.453. The first-order valence-corrected chi connectivity index (χ1v) is 10.3. The van der Waals surface area contributed by atoms with Gasteiger partial charge in [0.25, 0.3) is 5.89 Å². The molecule has 2 bridgehead atoms. The van der Waals surface area contributed by atoms with E-state index in [0.29, 0.717) is 23.0 Å². The van der Waals surface area contributed by atoms with E-state index in [1.165, 1.54) is 38.8 Å². The van der Waals surface area contributed by atoms with E-state index in [4.69, 9.17) is 16.7 Å². The molecule has 8 heteroatoms. The number of nitrogens with zero attached hydrogens (tertiary/aromatic N) is 3. The third kappa shape index (κ3) is 3.18. The van der Waals surface area contributed by atoms with E-state index in [2.05, 4.69) is 25.7 Å². The van der Waals surface area contributed by atoms with Crippen LogP contribution in [0.2, 0.25) is 0 Å². The zero-order chi connectivity index (χ0) is 16.8. The number of anilines is 1. The number of thiophene rings is 1. The molecule has 0 aromatic carbocycles. The number of hydrogen-bond donors (Lipinski definition) is 2. The summed E-state index contributed by atoms with van der Waals surface area (Å²) in [6.45, 7) is 3.56. The Morgan fingerprint density at radius 1 is 1.28 bits per heavy atom. The lowest BCUT2D eigenvalue weighted by atomic mass is 9.84. The lowest BCUT2D eigenvalue weighted by molar-refractivity contribution is 0.0815. The smallest absolute Gasteiger partial charge is 0.270 e. The van der Waals surface area contributed by atoms with Crippen molar-refractivity contribution < 1.29 is 4.52 Å². The molecule has 4 aliphatic rings. The van der Waals surface area contributed by atoms with Gasteiger partial charge in [-0.2, -0.15) is 4.98 Å². The van der Waals surface area contributed by atoms with Crippen molar-refractivity contribution in [3.63, 3.8) is 0 Å². The summed E-state index contributed by atoms with van der Waals surface area (Å²) in [6, 6.07) is 2.47. The van der Waals surface area contributed by atoms with Crippen molar-refractivity contribution in [1.82, 2.24) is 20.4 Å². The first-order valence-electron chi connectivity index (χ1n) is 8.97. The molecule has 25 heavy (non-hydrogen) atoms. The summed E-state index contributed by atoms with van der Waals surface area (Å²) in [5.41, 5.74) is 0.940. The maximum atomic E-state index is 5.56. The Hall–Kier alpha value is -1.51. The molecule has 1 atom stereocenters. The molecule has 3 saturated heterocycles. The van der Waals surface area contributed by atoms with Gasteiger partial charge >= 0.3 is 0 Å². The average Bonchev–Trinajstić information content (AvgIpc) is 3.18. The fourth-order valence-corrected chi connectivity index (χ4v) is 4.89. The van der Waals surface area contributed by atoms with Gasteiger partial charge in [0, 0.05) is 18.5 Å². The first kappa shape index (κ1) is 15.7. The van der Waals surface area contributed by atoms with Gasteiger partial charge in [0.15, 0.2) is 10.9 Å². The highest BCUT2D eigenvalue weighted by Gasteiger charge is 2.34. The van der Waals surface area contributed by atoms with Gasteiger partial charge in [0.2, 0.25) is 0 Å². The Balaban J connectivity index is 1.26. The van der Waals surface area contributed by atoms with Crippen LogP contribution in [-0.4, -0.2) is 45.8 Å². The lowest BCUT2D eigenvalue weighted by Gasteiger charge is -2.45. The summed E-state index contributed by atoms with van der Waals surface area (Å²) in [5.74, 6) is 2.66. The topological polar surface area (TPSA) is 66.2 Å². The van der Waals surface area contributed by atoms with Crippen molar-refractivity contribution in [2.45, 2.75) is 37.6 Å². The largest absolute Gasteiger partial charge is 0.358 e. The third-order valence-corrected chi connectivity index (χ3v) is 6.59. The minimum absolute atomic E-state index is 0.453. The van der Waals surface area contributed by atoms with Crippen LogP contribution in [-0.2, 0) is 0 Å². The molecule has 4 fully saturated rings. The zero-order valence-electron chi connectivity index (χ0n) is 13.9. The van der Waals surface area contributed by atoms with Crippen molar-refractivity contribution in [2.24, 2.45) is 5.92 Å². The maximum Gasteiger partial charge on any atom is 0.270 e. The van der Waals surface area contributed by atoms with Gasteiger partial charge in [-0.25, -0.2) is 0 Å². The van der Waals surface area contributed by atoms with Crippen LogP contribution < -0.4 is 10.6 Å². The molecule has 0 spiro atoms. The summed E-state index contributed by atoms with van der Waals surface area (Å²) in [5, 5.41) is 13.7. The van der Waals surface area contributed by atoms with Crippen molar-refractivity contribution in [1.29, 1.82) is 0 Å². The molecule has 5 heterocycles. The molecule has 0 radical (unpaired) electrons. The Morgan fingerprint density at radius 3 is 2.84 bits per heavy atom. The van der Waals surface area contributed by atoms with Gasteiger partial charge < -0.3 is 20.1 Å². The second-order valence-electron chi connectivity index (χ2n) is 7.24. The number of fused-ring (bicyclic) bond motifs is 3. The van der Waals surface area contributed by atoms with Crippen molar-refractivity contribution in [3.8, 4) is 10.8 Å². The number of hydrogen-bond acceptors (Lipinski definition) is 6. The van der Waals surface area contributed by atoms with Gasteiger partial charge in [0.05, 0.1) is 5.69 Å². The van der Waals surface area contributed by atoms with Crippen LogP contribution in [0.25, 0.3) is 10.8 Å². The molecule has 3 aliphatic heterocycles. The molecule has 1 saturated carbocycles. The predicted molar refractivity (Wildman–Crippen MR) is 102 cm³/mol. The van der Waals surface area contributed by atoms with Gasteiger partial charge in [0.1, 0.15) is 4.88 Å². The first-order chi connectivity index (χ1) is 12.3. The highest BCUT2D eigenvalue weighted by molar-refractivity contribution is 7.80. The van der Waals surface area contributed by atoms with E-state index in [-0.39, 0.29) is 0 Å². The second kappa shape index (κ2) is 6.34. The van der Waals surface area contributed by atoms with Crippen LogP contribution in [0.4, 0.5) is 5.69 Å². The summed E-state index contributed by atoms with van der Waals surface area (Å²) < 4.78 is 5.46. The molecule has 1 unspecified atom stereocenters. The van der Waals surface area contributed by atoms with Gasteiger partial charge in [-0.15, -0.1) is 11.3 Å². The van der Waals surface area contributed by atoms with Gasteiger partial charge in [-0.05, 0) is 68.4 Å². The molecule has 0 amide bonds. The summed E-state index contributed by atoms with van der Waals surface area (Å²) in [6.07, 6.45) is 4.88. The van der Waals surface area contributed by atoms with Crippen LogP contribution in [0.15, 0.2) is 16.0 Å². The molecular formula is C17H21N5OS2. The highest BCUT2D eigenvalue weighted by atomic mass is 32.1. The number of aromatic nitrogens is 2. The normalized spacial score (nSPS) is 28.1. The Morgan fingerprint density at radius 2 is 2.12 bits per heavy atom. The van der Waals surface area contributed by atoms with Gasteiger partial charge in [-0.3, -0.25) is 0 Å². The SMILES string of the molecule is S=C(Nc1ccsc1-c1nc(C2CC2)no1)NC1CN2CCC1CC2. The fourth-order valence-electron chi connectivity index (χ4n) is 3.86. The molecular weight excluding hydrogens is 354 g/mol. The third-order valence-electron chi connectivity index (χ3n) is 5.46. The maximum absolute atomic E-state index is 5.56. The molecule has 2 aromatic rings. The number of thiocarbonyl (C=S) groups is 1. The van der Waals surface area contributed by atoms with Crippen LogP contribution in [0, 0.1) is 5.92 Å². The molecule has 2 N–H and O–H groups in total. The van der Waals surface area contributed by atoms with Crippen molar-refractivity contribution in [3.05, 3.63) is 17.3 Å². The van der Waals surface area contributed by atoms with Gasteiger partial charge in [-0.1, -0.05) is 5.16 Å². The monoisotopic (exact) mass is 375 g/mol. The number of rotatable bonds is 4.